The smallest absolute Gasteiger partial charge is 0.116 e. The van der Waals surface area contributed by atoms with Gasteiger partial charge in [0.15, 0.2) is 0 Å². The van der Waals surface area contributed by atoms with Gasteiger partial charge in [-0.15, -0.1) is 11.3 Å². The van der Waals surface area contributed by atoms with Crippen molar-refractivity contribution in [3.63, 3.8) is 0 Å². The first kappa shape index (κ1) is 24.0. The number of fused-ring (bicyclic) bond motifs is 2. The summed E-state index contributed by atoms with van der Waals surface area (Å²) in [6.07, 6.45) is 11.4. The van der Waals surface area contributed by atoms with Crippen LogP contribution in [0.15, 0.2) is 73.8 Å². The van der Waals surface area contributed by atoms with Crippen LogP contribution < -0.4 is 5.32 Å². The first-order valence-corrected chi connectivity index (χ1v) is 14.3. The van der Waals surface area contributed by atoms with Crippen LogP contribution in [0.1, 0.15) is 30.2 Å². The maximum absolute atomic E-state index is 4.71. The second kappa shape index (κ2) is 9.91. The molecule has 0 aliphatic carbocycles. The summed E-state index contributed by atoms with van der Waals surface area (Å²) < 4.78 is 0. The summed E-state index contributed by atoms with van der Waals surface area (Å²) in [4.78, 5) is 15.1. The van der Waals surface area contributed by atoms with Crippen molar-refractivity contribution in [2.24, 2.45) is 5.92 Å². The van der Waals surface area contributed by atoms with Gasteiger partial charge < -0.3 is 10.3 Å². The molecule has 3 N–H and O–H groups in total. The summed E-state index contributed by atoms with van der Waals surface area (Å²) in [5.41, 5.74) is 9.67. The number of nitrogens with one attached hydrogen (secondary N) is 3. The Balaban J connectivity index is 1.25. The van der Waals surface area contributed by atoms with Gasteiger partial charge in [0.1, 0.15) is 5.69 Å². The van der Waals surface area contributed by atoms with Crippen molar-refractivity contribution in [3.05, 3.63) is 84.3 Å². The molecular weight excluding hydrogens is 500 g/mol. The number of nitrogens with zero attached hydrogens (tertiary/aromatic N) is 3. The normalized spacial score (nSPS) is 14.4. The molecule has 1 aliphatic heterocycles. The molecule has 6 aromatic rings. The SMILES string of the molecule is C=C(C)c1ccc(-c2cncc3[nH]c(-c4n[nH]c5ccc(-c6cncc(CC7CCNCC7)c6)cc45)cc23)s1. The van der Waals surface area contributed by atoms with Crippen molar-refractivity contribution in [2.75, 3.05) is 13.1 Å². The Kier molecular flexibility index (Phi) is 6.10. The molecule has 6 nitrogen and oxygen atoms in total. The molecule has 0 amide bonds. The number of aromatic amines is 2. The fourth-order valence-electron chi connectivity index (χ4n) is 5.66. The van der Waals surface area contributed by atoms with E-state index in [2.05, 4.69) is 74.4 Å². The second-order valence-corrected chi connectivity index (χ2v) is 11.7. The minimum absolute atomic E-state index is 0.731. The molecule has 0 unspecified atom stereocenters. The molecule has 0 spiro atoms. The Bertz CT molecular complexity index is 1820. The number of pyridine rings is 2. The van der Waals surface area contributed by atoms with E-state index in [0.29, 0.717) is 0 Å². The number of hydrogen-bond acceptors (Lipinski definition) is 5. The van der Waals surface area contributed by atoms with Gasteiger partial charge in [-0.2, -0.15) is 5.10 Å². The van der Waals surface area contributed by atoms with Crippen LogP contribution in [0.25, 0.3) is 60.3 Å². The molecule has 0 atom stereocenters. The monoisotopic (exact) mass is 530 g/mol. The molecule has 0 bridgehead atoms. The van der Waals surface area contributed by atoms with E-state index < -0.39 is 0 Å². The van der Waals surface area contributed by atoms with E-state index in [0.717, 1.165) is 80.9 Å². The molecule has 7 rings (SSSR count). The standard InChI is InChI=1S/C32H30N6S/c1-19(2)30-5-6-31(39-30)26-17-35-18-29-24(26)14-28(36-29)32-25-13-22(3-4-27(25)37-38-32)23-12-21(15-34-16-23)11-20-7-9-33-10-8-20/h3-6,12-18,20,33,36H,1,7-11H2,2H3,(H,37,38). The lowest BCUT2D eigenvalue weighted by atomic mass is 9.91. The number of H-pyrrole nitrogens is 2. The fourth-order valence-corrected chi connectivity index (χ4v) is 6.62. The minimum atomic E-state index is 0.731. The Labute approximate surface area is 231 Å². The largest absolute Gasteiger partial charge is 0.352 e. The van der Waals surface area contributed by atoms with Crippen molar-refractivity contribution in [3.8, 4) is 33.0 Å². The zero-order valence-corrected chi connectivity index (χ0v) is 22.7. The third-order valence-electron chi connectivity index (χ3n) is 7.77. The van der Waals surface area contributed by atoms with Crippen LogP contribution in [0.5, 0.6) is 0 Å². The third kappa shape index (κ3) is 4.58. The number of benzene rings is 1. The summed E-state index contributed by atoms with van der Waals surface area (Å²) in [5.74, 6) is 0.731. The van der Waals surface area contributed by atoms with E-state index in [1.54, 1.807) is 11.3 Å². The van der Waals surface area contributed by atoms with Gasteiger partial charge in [-0.25, -0.2) is 0 Å². The lowest BCUT2D eigenvalue weighted by molar-refractivity contribution is 0.372. The van der Waals surface area contributed by atoms with Crippen LogP contribution in [0.2, 0.25) is 0 Å². The molecule has 194 valence electrons. The predicted octanol–water partition coefficient (Wildman–Crippen LogP) is 7.47. The summed E-state index contributed by atoms with van der Waals surface area (Å²) >= 11 is 1.75. The average molecular weight is 531 g/mol. The van der Waals surface area contributed by atoms with Gasteiger partial charge in [-0.3, -0.25) is 15.1 Å². The molecule has 5 aromatic heterocycles. The predicted molar refractivity (Wildman–Crippen MR) is 162 cm³/mol. The van der Waals surface area contributed by atoms with Crippen LogP contribution in [-0.4, -0.2) is 38.2 Å². The van der Waals surface area contributed by atoms with E-state index >= 15 is 0 Å². The first-order valence-electron chi connectivity index (χ1n) is 13.5. The van der Waals surface area contributed by atoms with E-state index in [4.69, 9.17) is 5.10 Å². The van der Waals surface area contributed by atoms with Gasteiger partial charge >= 0.3 is 0 Å². The van der Waals surface area contributed by atoms with Gasteiger partial charge in [0, 0.05) is 50.2 Å². The highest BCUT2D eigenvalue weighted by Crippen LogP contribution is 2.38. The topological polar surface area (TPSA) is 82.3 Å². The number of thiophene rings is 1. The summed E-state index contributed by atoms with van der Waals surface area (Å²) in [6.45, 7) is 8.37. The molecule has 1 fully saturated rings. The minimum Gasteiger partial charge on any atom is -0.352 e. The molecule has 39 heavy (non-hydrogen) atoms. The zero-order valence-electron chi connectivity index (χ0n) is 21.9. The zero-order chi connectivity index (χ0) is 26.3. The molecule has 1 aliphatic rings. The average Bonchev–Trinajstić information content (AvgIpc) is 3.71. The fraction of sp³-hybridized carbons (Fsp3) is 0.219. The van der Waals surface area contributed by atoms with Gasteiger partial charge in [-0.05, 0) is 98.3 Å². The van der Waals surface area contributed by atoms with E-state index in [-0.39, 0.29) is 0 Å². The van der Waals surface area contributed by atoms with Gasteiger partial charge in [0.05, 0.1) is 22.9 Å². The lowest BCUT2D eigenvalue weighted by Crippen LogP contribution is -2.28. The molecule has 0 radical (unpaired) electrons. The molecular formula is C32H30N6S. The number of rotatable bonds is 6. The van der Waals surface area contributed by atoms with Crippen LogP contribution >= 0.6 is 11.3 Å². The van der Waals surface area contributed by atoms with E-state index in [1.807, 2.05) is 31.7 Å². The van der Waals surface area contributed by atoms with Crippen molar-refractivity contribution >= 4 is 38.7 Å². The van der Waals surface area contributed by atoms with Crippen molar-refractivity contribution in [2.45, 2.75) is 26.2 Å². The maximum Gasteiger partial charge on any atom is 0.116 e. The summed E-state index contributed by atoms with van der Waals surface area (Å²) in [6, 6.07) is 15.3. The Morgan fingerprint density at radius 2 is 1.79 bits per heavy atom. The number of allylic oxidation sites excluding steroid dienone is 1. The van der Waals surface area contributed by atoms with Gasteiger partial charge in [-0.1, -0.05) is 12.6 Å². The molecule has 1 aromatic carbocycles. The third-order valence-corrected chi connectivity index (χ3v) is 9.05. The molecule has 6 heterocycles. The number of hydrogen-bond donors (Lipinski definition) is 3. The number of aromatic nitrogens is 5. The van der Waals surface area contributed by atoms with Crippen LogP contribution in [0.3, 0.4) is 0 Å². The maximum atomic E-state index is 4.71. The molecule has 7 heteroatoms. The highest BCUT2D eigenvalue weighted by atomic mass is 32.1. The Hall–Kier alpha value is -4.07. The lowest BCUT2D eigenvalue weighted by Gasteiger charge is -2.22. The Morgan fingerprint density at radius 3 is 2.64 bits per heavy atom. The highest BCUT2D eigenvalue weighted by molar-refractivity contribution is 7.16. The quantitative estimate of drug-likeness (QED) is 0.209. The first-order chi connectivity index (χ1) is 19.1. The molecule has 0 saturated carbocycles. The van der Waals surface area contributed by atoms with Gasteiger partial charge in [0.2, 0.25) is 0 Å². The Morgan fingerprint density at radius 1 is 0.923 bits per heavy atom. The number of piperidine rings is 1. The van der Waals surface area contributed by atoms with Crippen molar-refractivity contribution in [1.82, 2.24) is 30.5 Å². The van der Waals surface area contributed by atoms with Gasteiger partial charge in [0.25, 0.3) is 0 Å². The second-order valence-electron chi connectivity index (χ2n) is 10.6. The van der Waals surface area contributed by atoms with Crippen LogP contribution in [0, 0.1) is 5.92 Å². The van der Waals surface area contributed by atoms with Crippen LogP contribution in [0.4, 0.5) is 0 Å². The van der Waals surface area contributed by atoms with E-state index in [1.165, 1.54) is 28.2 Å². The summed E-state index contributed by atoms with van der Waals surface area (Å²) in [5, 5.41) is 13.6. The van der Waals surface area contributed by atoms with Crippen molar-refractivity contribution in [1.29, 1.82) is 0 Å². The summed E-state index contributed by atoms with van der Waals surface area (Å²) in [7, 11) is 0. The van der Waals surface area contributed by atoms with Crippen LogP contribution in [-0.2, 0) is 6.42 Å². The van der Waals surface area contributed by atoms with Crippen molar-refractivity contribution < 1.29 is 0 Å². The highest BCUT2D eigenvalue weighted by Gasteiger charge is 2.17. The molecule has 1 saturated heterocycles. The van der Waals surface area contributed by atoms with E-state index in [9.17, 15) is 0 Å².